The molecule has 8 aromatic carbocycles. The molecule has 0 unspecified atom stereocenters. The van der Waals surface area contributed by atoms with Crippen molar-refractivity contribution in [2.45, 2.75) is 0 Å². The van der Waals surface area contributed by atoms with Crippen molar-refractivity contribution >= 4 is 60.5 Å². The van der Waals surface area contributed by atoms with Gasteiger partial charge in [0.05, 0.1) is 0 Å². The summed E-state index contributed by atoms with van der Waals surface area (Å²) in [5, 5.41) is 7.15. The second kappa shape index (κ2) is 10.8. The van der Waals surface area contributed by atoms with Crippen molar-refractivity contribution in [2.24, 2.45) is 0 Å². The predicted molar refractivity (Wildman–Crippen MR) is 194 cm³/mol. The maximum Gasteiger partial charge on any atom is 0.137 e. The molecule has 0 aliphatic heterocycles. The van der Waals surface area contributed by atoms with Crippen LogP contribution in [0.4, 0.5) is 17.1 Å². The fourth-order valence-corrected chi connectivity index (χ4v) is 6.67. The standard InChI is InChI=1S/C44H29NO/c1-3-9-30(10-4-1)33-18-15-31-16-19-34(26-36(31)25-33)35-20-17-32-21-22-39(28-37(32)27-35)45(38-11-5-2-6-12-38)40-23-24-42-41-13-7-8-14-43(41)46-44(42)29-40/h1-29H. The van der Waals surface area contributed by atoms with Crippen molar-refractivity contribution in [1.82, 2.24) is 0 Å². The first-order valence-corrected chi connectivity index (χ1v) is 15.7. The molecule has 9 rings (SSSR count). The second-order valence-electron chi connectivity index (χ2n) is 11.8. The Morgan fingerprint density at radius 2 is 0.826 bits per heavy atom. The number of para-hydroxylation sites is 2. The smallest absolute Gasteiger partial charge is 0.137 e. The lowest BCUT2D eigenvalue weighted by Crippen LogP contribution is -2.09. The van der Waals surface area contributed by atoms with E-state index in [9.17, 15) is 0 Å². The van der Waals surface area contributed by atoms with Gasteiger partial charge in [-0.15, -0.1) is 0 Å². The first kappa shape index (κ1) is 26.3. The van der Waals surface area contributed by atoms with Crippen LogP contribution in [0.1, 0.15) is 0 Å². The van der Waals surface area contributed by atoms with Crippen LogP contribution in [0.15, 0.2) is 180 Å². The summed E-state index contributed by atoms with van der Waals surface area (Å²) in [6.07, 6.45) is 0. The summed E-state index contributed by atoms with van der Waals surface area (Å²) < 4.78 is 6.29. The van der Waals surface area contributed by atoms with Crippen LogP contribution >= 0.6 is 0 Å². The lowest BCUT2D eigenvalue weighted by Gasteiger charge is -2.25. The Bertz CT molecular complexity index is 2530. The highest BCUT2D eigenvalue weighted by molar-refractivity contribution is 6.06. The third-order valence-electron chi connectivity index (χ3n) is 9.00. The highest BCUT2D eigenvalue weighted by Crippen LogP contribution is 2.40. The van der Waals surface area contributed by atoms with Gasteiger partial charge in [0.15, 0.2) is 0 Å². The van der Waals surface area contributed by atoms with Gasteiger partial charge >= 0.3 is 0 Å². The molecule has 0 N–H and O–H groups in total. The number of hydrogen-bond donors (Lipinski definition) is 0. The maximum atomic E-state index is 6.29. The zero-order valence-corrected chi connectivity index (χ0v) is 25.1. The van der Waals surface area contributed by atoms with Gasteiger partial charge in [0.25, 0.3) is 0 Å². The van der Waals surface area contributed by atoms with E-state index in [1.54, 1.807) is 0 Å². The minimum Gasteiger partial charge on any atom is -0.456 e. The largest absolute Gasteiger partial charge is 0.456 e. The summed E-state index contributed by atoms with van der Waals surface area (Å²) in [5.74, 6) is 0. The highest BCUT2D eigenvalue weighted by atomic mass is 16.3. The summed E-state index contributed by atoms with van der Waals surface area (Å²) >= 11 is 0. The van der Waals surface area contributed by atoms with Gasteiger partial charge in [-0.2, -0.15) is 0 Å². The molecule has 9 aromatic rings. The van der Waals surface area contributed by atoms with E-state index in [0.717, 1.165) is 39.0 Å². The number of hydrogen-bond acceptors (Lipinski definition) is 2. The molecular formula is C44H29NO. The molecule has 2 heteroatoms. The topological polar surface area (TPSA) is 16.4 Å². The van der Waals surface area contributed by atoms with Crippen molar-refractivity contribution in [1.29, 1.82) is 0 Å². The van der Waals surface area contributed by atoms with Crippen molar-refractivity contribution < 1.29 is 4.42 Å². The predicted octanol–water partition coefficient (Wildman–Crippen LogP) is 12.7. The molecule has 46 heavy (non-hydrogen) atoms. The quantitative estimate of drug-likeness (QED) is 0.199. The van der Waals surface area contributed by atoms with E-state index in [1.165, 1.54) is 43.8 Å². The average Bonchev–Trinajstić information content (AvgIpc) is 3.50. The van der Waals surface area contributed by atoms with Gasteiger partial charge < -0.3 is 9.32 Å². The molecule has 0 saturated carbocycles. The second-order valence-corrected chi connectivity index (χ2v) is 11.8. The molecule has 0 fully saturated rings. The Kier molecular flexibility index (Phi) is 6.17. The molecule has 2 nitrogen and oxygen atoms in total. The molecule has 0 bridgehead atoms. The van der Waals surface area contributed by atoms with Crippen LogP contribution in [0.5, 0.6) is 0 Å². The summed E-state index contributed by atoms with van der Waals surface area (Å²) in [5.41, 5.74) is 9.91. The van der Waals surface area contributed by atoms with Gasteiger partial charge in [-0.3, -0.25) is 0 Å². The van der Waals surface area contributed by atoms with E-state index < -0.39 is 0 Å². The molecule has 216 valence electrons. The number of fused-ring (bicyclic) bond motifs is 5. The van der Waals surface area contributed by atoms with Gasteiger partial charge in [-0.25, -0.2) is 0 Å². The Hall–Kier alpha value is -6.12. The van der Waals surface area contributed by atoms with Crippen LogP contribution in [0.3, 0.4) is 0 Å². The van der Waals surface area contributed by atoms with Crippen LogP contribution in [-0.4, -0.2) is 0 Å². The fraction of sp³-hybridized carbons (Fsp3) is 0. The minimum absolute atomic E-state index is 0.884. The van der Waals surface area contributed by atoms with Crippen molar-refractivity contribution in [3.8, 4) is 22.3 Å². The monoisotopic (exact) mass is 587 g/mol. The van der Waals surface area contributed by atoms with Gasteiger partial charge in [0.2, 0.25) is 0 Å². The summed E-state index contributed by atoms with van der Waals surface area (Å²) in [4.78, 5) is 2.31. The third-order valence-corrected chi connectivity index (χ3v) is 9.00. The zero-order chi connectivity index (χ0) is 30.5. The molecule has 1 aromatic heterocycles. The Labute approximate surface area is 267 Å². The molecule has 0 saturated heterocycles. The average molecular weight is 588 g/mol. The van der Waals surface area contributed by atoms with Crippen LogP contribution in [0.25, 0.3) is 65.7 Å². The number of benzene rings is 8. The lowest BCUT2D eigenvalue weighted by atomic mass is 9.96. The SMILES string of the molecule is c1ccc(-c2ccc3ccc(-c4ccc5ccc(N(c6ccccc6)c6ccc7c(c6)oc6ccccc67)cc5c4)cc3c2)cc1. The van der Waals surface area contributed by atoms with Crippen molar-refractivity contribution in [2.75, 3.05) is 4.90 Å². The minimum atomic E-state index is 0.884. The molecule has 1 heterocycles. The van der Waals surface area contributed by atoms with Gasteiger partial charge in [-0.05, 0) is 104 Å². The van der Waals surface area contributed by atoms with E-state index in [4.69, 9.17) is 4.42 Å². The highest BCUT2D eigenvalue weighted by Gasteiger charge is 2.16. The summed E-state index contributed by atoms with van der Waals surface area (Å²) in [6.45, 7) is 0. The van der Waals surface area contributed by atoms with E-state index in [2.05, 4.69) is 169 Å². The Balaban J connectivity index is 1.14. The number of furan rings is 1. The molecule has 0 spiro atoms. The summed E-state index contributed by atoms with van der Waals surface area (Å²) in [6, 6.07) is 62.9. The third kappa shape index (κ3) is 4.60. The number of rotatable bonds is 5. The van der Waals surface area contributed by atoms with Gasteiger partial charge in [0, 0.05) is 33.9 Å². The molecule has 0 radical (unpaired) electrons. The lowest BCUT2D eigenvalue weighted by molar-refractivity contribution is 0.669. The van der Waals surface area contributed by atoms with E-state index in [0.29, 0.717) is 0 Å². The van der Waals surface area contributed by atoms with Crippen molar-refractivity contribution in [3.05, 3.63) is 176 Å². The van der Waals surface area contributed by atoms with E-state index >= 15 is 0 Å². The maximum absolute atomic E-state index is 6.29. The normalized spacial score (nSPS) is 11.5. The zero-order valence-electron chi connectivity index (χ0n) is 25.1. The van der Waals surface area contributed by atoms with Crippen molar-refractivity contribution in [3.63, 3.8) is 0 Å². The van der Waals surface area contributed by atoms with Gasteiger partial charge in [-0.1, -0.05) is 109 Å². The molecule has 0 atom stereocenters. The Morgan fingerprint density at radius 3 is 1.54 bits per heavy atom. The fourth-order valence-electron chi connectivity index (χ4n) is 6.67. The molecular weight excluding hydrogens is 558 g/mol. The number of anilines is 3. The molecule has 0 aliphatic rings. The molecule has 0 amide bonds. The van der Waals surface area contributed by atoms with Crippen LogP contribution < -0.4 is 4.90 Å². The van der Waals surface area contributed by atoms with E-state index in [1.807, 2.05) is 12.1 Å². The van der Waals surface area contributed by atoms with Crippen LogP contribution in [-0.2, 0) is 0 Å². The van der Waals surface area contributed by atoms with Crippen LogP contribution in [0.2, 0.25) is 0 Å². The van der Waals surface area contributed by atoms with E-state index in [-0.39, 0.29) is 0 Å². The first-order valence-electron chi connectivity index (χ1n) is 15.7. The van der Waals surface area contributed by atoms with Crippen LogP contribution in [0, 0.1) is 0 Å². The summed E-state index contributed by atoms with van der Waals surface area (Å²) in [7, 11) is 0. The first-order chi connectivity index (χ1) is 22.8. The molecule has 0 aliphatic carbocycles. The van der Waals surface area contributed by atoms with Gasteiger partial charge in [0.1, 0.15) is 11.2 Å². The Morgan fingerprint density at radius 1 is 0.304 bits per heavy atom. The number of nitrogens with zero attached hydrogens (tertiary/aromatic N) is 1.